The molecule has 0 aromatic carbocycles. The molecule has 1 aromatic heterocycles. The van der Waals surface area contributed by atoms with Crippen molar-refractivity contribution >= 4 is 5.97 Å². The van der Waals surface area contributed by atoms with Crippen LogP contribution >= 0.6 is 0 Å². The first kappa shape index (κ1) is 17.8. The SMILES string of the molecule is C=C/C=C(\C=C(/C)F)Cn1cncc1CC(=O)O.CC. The maximum absolute atomic E-state index is 12.9. The van der Waals surface area contributed by atoms with Crippen molar-refractivity contribution in [2.24, 2.45) is 0 Å². The molecular formula is C15H21FN2O2. The molecule has 110 valence electrons. The van der Waals surface area contributed by atoms with Gasteiger partial charge in [-0.05, 0) is 18.6 Å². The van der Waals surface area contributed by atoms with Crippen molar-refractivity contribution in [3.8, 4) is 0 Å². The molecule has 5 heteroatoms. The van der Waals surface area contributed by atoms with Crippen LogP contribution in [-0.2, 0) is 17.8 Å². The quantitative estimate of drug-likeness (QED) is 0.811. The average molecular weight is 280 g/mol. The third-order valence-electron chi connectivity index (χ3n) is 2.20. The van der Waals surface area contributed by atoms with Crippen LogP contribution in [0.4, 0.5) is 4.39 Å². The Hall–Kier alpha value is -2.17. The molecule has 0 aliphatic heterocycles. The number of aromatic nitrogens is 2. The lowest BCUT2D eigenvalue weighted by atomic mass is 10.2. The summed E-state index contributed by atoms with van der Waals surface area (Å²) < 4.78 is 14.6. The van der Waals surface area contributed by atoms with Crippen molar-refractivity contribution in [2.45, 2.75) is 33.7 Å². The van der Waals surface area contributed by atoms with Gasteiger partial charge in [0.2, 0.25) is 0 Å². The normalized spacial score (nSPS) is 11.6. The first-order valence-electron chi connectivity index (χ1n) is 6.39. The van der Waals surface area contributed by atoms with E-state index in [0.29, 0.717) is 17.8 Å². The van der Waals surface area contributed by atoms with Crippen molar-refractivity contribution < 1.29 is 14.3 Å². The van der Waals surface area contributed by atoms with Crippen LogP contribution in [0.2, 0.25) is 0 Å². The maximum atomic E-state index is 12.9. The smallest absolute Gasteiger partial charge is 0.309 e. The van der Waals surface area contributed by atoms with Gasteiger partial charge in [-0.1, -0.05) is 32.6 Å². The Morgan fingerprint density at radius 2 is 2.20 bits per heavy atom. The van der Waals surface area contributed by atoms with Crippen LogP contribution in [0, 0.1) is 0 Å². The minimum Gasteiger partial charge on any atom is -0.481 e. The summed E-state index contributed by atoms with van der Waals surface area (Å²) in [6.45, 7) is 9.27. The average Bonchev–Trinajstić information content (AvgIpc) is 2.78. The van der Waals surface area contributed by atoms with Gasteiger partial charge in [0.25, 0.3) is 0 Å². The van der Waals surface area contributed by atoms with Crippen LogP contribution in [0.15, 0.2) is 48.7 Å². The van der Waals surface area contributed by atoms with Crippen LogP contribution < -0.4 is 0 Å². The number of carboxylic acids is 1. The molecule has 1 rings (SSSR count). The van der Waals surface area contributed by atoms with Crippen LogP contribution in [0.25, 0.3) is 0 Å². The summed E-state index contributed by atoms with van der Waals surface area (Å²) in [5, 5.41) is 8.75. The summed E-state index contributed by atoms with van der Waals surface area (Å²) in [5.74, 6) is -1.24. The second kappa shape index (κ2) is 9.72. The Morgan fingerprint density at radius 1 is 1.55 bits per heavy atom. The van der Waals surface area contributed by atoms with E-state index in [9.17, 15) is 9.18 Å². The Bertz CT molecular complexity index is 498. The molecule has 0 spiro atoms. The van der Waals surface area contributed by atoms with Crippen molar-refractivity contribution in [2.75, 3.05) is 0 Å². The summed E-state index contributed by atoms with van der Waals surface area (Å²) in [5.41, 5.74) is 1.26. The summed E-state index contributed by atoms with van der Waals surface area (Å²) >= 11 is 0. The standard InChI is InChI=1S/C13H15FN2O2.C2H6/c1-3-4-11(5-10(2)14)8-16-9-15-7-12(16)6-13(17)18;1-2/h3-5,7,9H,1,6,8H2,2H3,(H,17,18);1-2H3/b10-5+,11-4+;. The van der Waals surface area contributed by atoms with Crippen molar-refractivity contribution in [1.82, 2.24) is 9.55 Å². The fourth-order valence-electron chi connectivity index (χ4n) is 1.54. The van der Waals surface area contributed by atoms with Gasteiger partial charge >= 0.3 is 5.97 Å². The predicted octanol–water partition coefficient (Wildman–Crippen LogP) is 3.52. The number of hydrogen-bond acceptors (Lipinski definition) is 2. The lowest BCUT2D eigenvalue weighted by Gasteiger charge is -2.07. The van der Waals surface area contributed by atoms with Crippen molar-refractivity contribution in [3.05, 3.63) is 54.4 Å². The van der Waals surface area contributed by atoms with E-state index in [1.165, 1.54) is 25.5 Å². The van der Waals surface area contributed by atoms with E-state index in [-0.39, 0.29) is 12.2 Å². The second-order valence-electron chi connectivity index (χ2n) is 3.79. The minimum atomic E-state index is -0.928. The van der Waals surface area contributed by atoms with Gasteiger partial charge in [0, 0.05) is 18.4 Å². The molecule has 1 heterocycles. The van der Waals surface area contributed by atoms with E-state index in [1.807, 2.05) is 13.8 Å². The van der Waals surface area contributed by atoms with Gasteiger partial charge in [-0.15, -0.1) is 0 Å². The van der Waals surface area contributed by atoms with E-state index in [1.54, 1.807) is 16.7 Å². The molecule has 20 heavy (non-hydrogen) atoms. The van der Waals surface area contributed by atoms with Gasteiger partial charge in [-0.2, -0.15) is 0 Å². The molecule has 0 amide bonds. The zero-order valence-corrected chi connectivity index (χ0v) is 12.1. The van der Waals surface area contributed by atoms with E-state index in [2.05, 4.69) is 11.6 Å². The van der Waals surface area contributed by atoms with Gasteiger partial charge in [-0.3, -0.25) is 4.79 Å². The highest BCUT2D eigenvalue weighted by molar-refractivity contribution is 5.69. The van der Waals surface area contributed by atoms with E-state index in [4.69, 9.17) is 5.11 Å². The second-order valence-corrected chi connectivity index (χ2v) is 3.79. The number of rotatable bonds is 6. The highest BCUT2D eigenvalue weighted by atomic mass is 19.1. The van der Waals surface area contributed by atoms with Gasteiger partial charge in [0.05, 0.1) is 18.6 Å². The van der Waals surface area contributed by atoms with Gasteiger partial charge in [0.1, 0.15) is 0 Å². The number of imidazole rings is 1. The number of halogens is 1. The molecule has 0 aliphatic carbocycles. The molecule has 0 fully saturated rings. The third kappa shape index (κ3) is 6.68. The van der Waals surface area contributed by atoms with Gasteiger partial charge < -0.3 is 9.67 Å². The molecule has 0 aliphatic rings. The molecule has 0 saturated heterocycles. The number of allylic oxidation sites excluding steroid dienone is 5. The maximum Gasteiger partial charge on any atom is 0.309 e. The minimum absolute atomic E-state index is 0.111. The van der Waals surface area contributed by atoms with Crippen molar-refractivity contribution in [3.63, 3.8) is 0 Å². The monoisotopic (exact) mass is 280 g/mol. The van der Waals surface area contributed by atoms with E-state index in [0.717, 1.165) is 0 Å². The highest BCUT2D eigenvalue weighted by Crippen LogP contribution is 2.10. The molecule has 4 nitrogen and oxygen atoms in total. The lowest BCUT2D eigenvalue weighted by molar-refractivity contribution is -0.136. The summed E-state index contributed by atoms with van der Waals surface area (Å²) in [4.78, 5) is 14.6. The largest absolute Gasteiger partial charge is 0.481 e. The third-order valence-corrected chi connectivity index (χ3v) is 2.20. The summed E-state index contributed by atoms with van der Waals surface area (Å²) in [6.07, 6.45) is 7.52. The molecule has 0 radical (unpaired) electrons. The molecular weight excluding hydrogens is 259 g/mol. The zero-order valence-electron chi connectivity index (χ0n) is 12.1. The van der Waals surface area contributed by atoms with Gasteiger partial charge in [0.15, 0.2) is 0 Å². The topological polar surface area (TPSA) is 55.1 Å². The highest BCUT2D eigenvalue weighted by Gasteiger charge is 2.07. The fraction of sp³-hybridized carbons (Fsp3) is 0.333. The number of nitrogens with zero attached hydrogens (tertiary/aromatic N) is 2. The number of hydrogen-bond donors (Lipinski definition) is 1. The molecule has 0 bridgehead atoms. The number of carbonyl (C=O) groups is 1. The van der Waals surface area contributed by atoms with Crippen molar-refractivity contribution in [1.29, 1.82) is 0 Å². The van der Waals surface area contributed by atoms with Crippen LogP contribution in [-0.4, -0.2) is 20.6 Å². The molecule has 0 saturated carbocycles. The Labute approximate surface area is 119 Å². The molecule has 1 aromatic rings. The molecule has 0 atom stereocenters. The van der Waals surface area contributed by atoms with Crippen LogP contribution in [0.1, 0.15) is 26.5 Å². The van der Waals surface area contributed by atoms with Crippen LogP contribution in [0.5, 0.6) is 0 Å². The van der Waals surface area contributed by atoms with Gasteiger partial charge in [-0.25, -0.2) is 9.37 Å². The summed E-state index contributed by atoms with van der Waals surface area (Å²) in [6, 6.07) is 0. The molecule has 0 unspecified atom stereocenters. The lowest BCUT2D eigenvalue weighted by Crippen LogP contribution is -2.08. The first-order chi connectivity index (χ1) is 9.52. The molecule has 1 N–H and O–H groups in total. The number of carboxylic acid groups (broad SMARTS) is 1. The Morgan fingerprint density at radius 3 is 2.70 bits per heavy atom. The van der Waals surface area contributed by atoms with E-state index < -0.39 is 5.97 Å². The first-order valence-corrected chi connectivity index (χ1v) is 6.39. The summed E-state index contributed by atoms with van der Waals surface area (Å²) in [7, 11) is 0. The predicted molar refractivity (Wildman–Crippen MR) is 78.1 cm³/mol. The number of aliphatic carboxylic acids is 1. The zero-order chi connectivity index (χ0) is 15.5. The van der Waals surface area contributed by atoms with Crippen LogP contribution in [0.3, 0.4) is 0 Å². The Kier molecular flexibility index (Phi) is 8.67. The van der Waals surface area contributed by atoms with E-state index >= 15 is 0 Å². The fourth-order valence-corrected chi connectivity index (χ4v) is 1.54. The Balaban J connectivity index is 0.00000172.